The SMILES string of the molecule is C=C/C=C(\C=C)C1(C)CCC1. The first-order valence-electron chi connectivity index (χ1n) is 4.18. The Hall–Kier alpha value is -0.780. The van der Waals surface area contributed by atoms with Crippen molar-refractivity contribution in [3.8, 4) is 0 Å². The highest BCUT2D eigenvalue weighted by Gasteiger charge is 2.33. The van der Waals surface area contributed by atoms with Crippen molar-refractivity contribution < 1.29 is 0 Å². The lowest BCUT2D eigenvalue weighted by Gasteiger charge is -2.39. The quantitative estimate of drug-likeness (QED) is 0.537. The number of hydrogen-bond donors (Lipinski definition) is 0. The van der Waals surface area contributed by atoms with Crippen LogP contribution in [0.15, 0.2) is 37.0 Å². The summed E-state index contributed by atoms with van der Waals surface area (Å²) in [6.07, 6.45) is 9.85. The molecular formula is C11H16. The van der Waals surface area contributed by atoms with Crippen molar-refractivity contribution in [1.29, 1.82) is 0 Å². The van der Waals surface area contributed by atoms with Crippen molar-refractivity contribution in [1.82, 2.24) is 0 Å². The fourth-order valence-electron chi connectivity index (χ4n) is 1.64. The van der Waals surface area contributed by atoms with Crippen LogP contribution in [0.25, 0.3) is 0 Å². The van der Waals surface area contributed by atoms with Gasteiger partial charge in [-0.1, -0.05) is 44.7 Å². The zero-order chi connectivity index (χ0) is 8.32. The molecule has 0 atom stereocenters. The number of hydrogen-bond acceptors (Lipinski definition) is 0. The van der Waals surface area contributed by atoms with E-state index < -0.39 is 0 Å². The fourth-order valence-corrected chi connectivity index (χ4v) is 1.64. The number of rotatable bonds is 3. The Labute approximate surface area is 69.3 Å². The van der Waals surface area contributed by atoms with Gasteiger partial charge in [0.15, 0.2) is 0 Å². The first-order chi connectivity index (χ1) is 5.23. The minimum absolute atomic E-state index is 0.413. The van der Waals surface area contributed by atoms with Crippen LogP contribution in [0.3, 0.4) is 0 Å². The molecule has 60 valence electrons. The Bertz CT molecular complexity index is 192. The molecule has 0 amide bonds. The highest BCUT2D eigenvalue weighted by Crippen LogP contribution is 2.46. The third kappa shape index (κ3) is 1.45. The first-order valence-corrected chi connectivity index (χ1v) is 4.18. The number of allylic oxidation sites excluding steroid dienone is 4. The van der Waals surface area contributed by atoms with Crippen molar-refractivity contribution in [2.45, 2.75) is 26.2 Å². The van der Waals surface area contributed by atoms with Gasteiger partial charge in [-0.05, 0) is 23.8 Å². The third-order valence-corrected chi connectivity index (χ3v) is 2.67. The molecule has 0 unspecified atom stereocenters. The van der Waals surface area contributed by atoms with Gasteiger partial charge in [0.25, 0.3) is 0 Å². The maximum atomic E-state index is 3.81. The molecule has 0 aromatic rings. The lowest BCUT2D eigenvalue weighted by atomic mass is 9.65. The summed E-state index contributed by atoms with van der Waals surface area (Å²) in [6.45, 7) is 9.81. The van der Waals surface area contributed by atoms with Crippen LogP contribution in [0.1, 0.15) is 26.2 Å². The second-order valence-corrected chi connectivity index (χ2v) is 3.48. The van der Waals surface area contributed by atoms with E-state index in [0.29, 0.717) is 5.41 Å². The van der Waals surface area contributed by atoms with Gasteiger partial charge in [-0.15, -0.1) is 0 Å². The minimum atomic E-state index is 0.413. The molecule has 1 aliphatic rings. The molecule has 0 nitrogen and oxygen atoms in total. The van der Waals surface area contributed by atoms with E-state index in [0.717, 1.165) is 0 Å². The van der Waals surface area contributed by atoms with Crippen LogP contribution >= 0.6 is 0 Å². The highest BCUT2D eigenvalue weighted by atomic mass is 14.4. The van der Waals surface area contributed by atoms with E-state index in [4.69, 9.17) is 0 Å². The molecule has 0 aromatic carbocycles. The van der Waals surface area contributed by atoms with E-state index in [9.17, 15) is 0 Å². The molecule has 0 heterocycles. The molecule has 0 N–H and O–H groups in total. The monoisotopic (exact) mass is 148 g/mol. The lowest BCUT2D eigenvalue weighted by Crippen LogP contribution is -2.26. The summed E-state index contributed by atoms with van der Waals surface area (Å²) in [5.74, 6) is 0. The summed E-state index contributed by atoms with van der Waals surface area (Å²) in [5, 5.41) is 0. The summed E-state index contributed by atoms with van der Waals surface area (Å²) >= 11 is 0. The van der Waals surface area contributed by atoms with Gasteiger partial charge >= 0.3 is 0 Å². The molecule has 0 saturated heterocycles. The van der Waals surface area contributed by atoms with E-state index in [-0.39, 0.29) is 0 Å². The van der Waals surface area contributed by atoms with Crippen molar-refractivity contribution in [3.63, 3.8) is 0 Å². The van der Waals surface area contributed by atoms with Gasteiger partial charge in [-0.3, -0.25) is 0 Å². The Balaban J connectivity index is 2.75. The molecule has 0 heteroatoms. The van der Waals surface area contributed by atoms with Crippen molar-refractivity contribution >= 4 is 0 Å². The second kappa shape index (κ2) is 3.08. The average Bonchev–Trinajstić information content (AvgIpc) is 1.96. The maximum Gasteiger partial charge on any atom is -0.00755 e. The maximum absolute atomic E-state index is 3.81. The predicted molar refractivity (Wildman–Crippen MR) is 50.4 cm³/mol. The third-order valence-electron chi connectivity index (χ3n) is 2.67. The van der Waals surface area contributed by atoms with Crippen LogP contribution in [0.4, 0.5) is 0 Å². The molecule has 0 spiro atoms. The van der Waals surface area contributed by atoms with Crippen molar-refractivity contribution in [2.75, 3.05) is 0 Å². The van der Waals surface area contributed by atoms with Gasteiger partial charge < -0.3 is 0 Å². The Morgan fingerprint density at radius 3 is 2.27 bits per heavy atom. The van der Waals surface area contributed by atoms with E-state index in [1.165, 1.54) is 24.8 Å². The second-order valence-electron chi connectivity index (χ2n) is 3.48. The average molecular weight is 148 g/mol. The molecule has 0 aliphatic heterocycles. The van der Waals surface area contributed by atoms with Gasteiger partial charge in [0.2, 0.25) is 0 Å². The Kier molecular flexibility index (Phi) is 2.33. The molecule has 0 aromatic heterocycles. The van der Waals surface area contributed by atoms with Crippen LogP contribution in [0, 0.1) is 5.41 Å². The topological polar surface area (TPSA) is 0 Å². The molecule has 1 rings (SSSR count). The van der Waals surface area contributed by atoms with Gasteiger partial charge in [-0.25, -0.2) is 0 Å². The Morgan fingerprint density at radius 1 is 1.36 bits per heavy atom. The molecule has 1 aliphatic carbocycles. The highest BCUT2D eigenvalue weighted by molar-refractivity contribution is 5.29. The van der Waals surface area contributed by atoms with Crippen LogP contribution < -0.4 is 0 Å². The summed E-state index contributed by atoms with van der Waals surface area (Å²) in [7, 11) is 0. The molecule has 0 radical (unpaired) electrons. The summed E-state index contributed by atoms with van der Waals surface area (Å²) in [4.78, 5) is 0. The van der Waals surface area contributed by atoms with E-state index in [1.807, 2.05) is 12.2 Å². The zero-order valence-electron chi connectivity index (χ0n) is 7.27. The van der Waals surface area contributed by atoms with Crippen LogP contribution in [-0.2, 0) is 0 Å². The first kappa shape index (κ1) is 8.32. The largest absolute Gasteiger partial charge is 0.0991 e. The van der Waals surface area contributed by atoms with Gasteiger partial charge in [0, 0.05) is 0 Å². The molecule has 1 saturated carbocycles. The van der Waals surface area contributed by atoms with Gasteiger partial charge in [0.05, 0.1) is 0 Å². The van der Waals surface area contributed by atoms with E-state index in [2.05, 4.69) is 26.2 Å². The van der Waals surface area contributed by atoms with Crippen LogP contribution in [-0.4, -0.2) is 0 Å². The van der Waals surface area contributed by atoms with E-state index >= 15 is 0 Å². The molecule has 1 fully saturated rings. The van der Waals surface area contributed by atoms with Crippen molar-refractivity contribution in [2.24, 2.45) is 5.41 Å². The van der Waals surface area contributed by atoms with Crippen LogP contribution in [0.2, 0.25) is 0 Å². The molecule has 0 bridgehead atoms. The predicted octanol–water partition coefficient (Wildman–Crippen LogP) is 3.48. The van der Waals surface area contributed by atoms with Gasteiger partial charge in [0.1, 0.15) is 0 Å². The zero-order valence-corrected chi connectivity index (χ0v) is 7.27. The van der Waals surface area contributed by atoms with Crippen molar-refractivity contribution in [3.05, 3.63) is 37.0 Å². The normalized spacial score (nSPS) is 22.1. The summed E-state index contributed by atoms with van der Waals surface area (Å²) in [5.41, 5.74) is 1.76. The smallest absolute Gasteiger partial charge is 0.00755 e. The van der Waals surface area contributed by atoms with Crippen LogP contribution in [0.5, 0.6) is 0 Å². The molecule has 11 heavy (non-hydrogen) atoms. The summed E-state index contributed by atoms with van der Waals surface area (Å²) < 4.78 is 0. The molecular weight excluding hydrogens is 132 g/mol. The summed E-state index contributed by atoms with van der Waals surface area (Å²) in [6, 6.07) is 0. The fraction of sp³-hybridized carbons (Fsp3) is 0.455. The van der Waals surface area contributed by atoms with Gasteiger partial charge in [-0.2, -0.15) is 0 Å². The van der Waals surface area contributed by atoms with E-state index in [1.54, 1.807) is 0 Å². The minimum Gasteiger partial charge on any atom is -0.0991 e. The lowest BCUT2D eigenvalue weighted by molar-refractivity contribution is 0.220. The standard InChI is InChI=1S/C11H16/c1-4-7-10(5-2)11(3)8-6-9-11/h4-5,7H,1-2,6,8-9H2,3H3/b10-7+. The Morgan fingerprint density at radius 2 is 2.00 bits per heavy atom.